The van der Waals surface area contributed by atoms with E-state index in [-0.39, 0.29) is 0 Å². The first-order valence-electron chi connectivity index (χ1n) is 7.08. The van der Waals surface area contributed by atoms with E-state index in [9.17, 15) is 20.1 Å². The van der Waals surface area contributed by atoms with Crippen LogP contribution in [0.5, 0.6) is 0 Å². The number of benzene rings is 1. The van der Waals surface area contributed by atoms with E-state index in [0.717, 1.165) is 0 Å². The molecular weight excluding hydrogens is 308 g/mol. The molecule has 0 spiro atoms. The van der Waals surface area contributed by atoms with Gasteiger partial charge >= 0.3 is 5.97 Å². The van der Waals surface area contributed by atoms with Crippen molar-refractivity contribution in [3.63, 3.8) is 0 Å². The monoisotopic (exact) mass is 328 g/mol. The van der Waals surface area contributed by atoms with Crippen molar-refractivity contribution in [2.45, 2.75) is 36.8 Å². The molecule has 4 N–H and O–H groups in total. The molecule has 0 saturated carbocycles. The van der Waals surface area contributed by atoms with Crippen LogP contribution < -0.4 is 0 Å². The second-order valence-corrected chi connectivity index (χ2v) is 5.15. The van der Waals surface area contributed by atoms with Gasteiger partial charge in [0, 0.05) is 0 Å². The molecule has 0 bridgehead atoms. The summed E-state index contributed by atoms with van der Waals surface area (Å²) in [4.78, 5) is 11.9. The Morgan fingerprint density at radius 3 is 2.39 bits per heavy atom. The average Bonchev–Trinajstić information content (AvgIpc) is 2.59. The largest absolute Gasteiger partial charge is 0.467 e. The van der Waals surface area contributed by atoms with Gasteiger partial charge in [0.15, 0.2) is 12.4 Å². The van der Waals surface area contributed by atoms with E-state index in [4.69, 9.17) is 14.6 Å². The SMILES string of the molecule is COC(=O)[C@H](O[C@@H]1O[C@H](CO)[C@@H](O)[C@H](O)[C@H]1O)c1ccccc1. The molecule has 1 saturated heterocycles. The number of esters is 1. The Morgan fingerprint density at radius 2 is 1.83 bits per heavy atom. The minimum Gasteiger partial charge on any atom is -0.467 e. The fourth-order valence-electron chi connectivity index (χ4n) is 2.32. The number of ether oxygens (including phenoxy) is 3. The first kappa shape index (κ1) is 17.8. The molecule has 1 aromatic carbocycles. The third-order valence-corrected chi connectivity index (χ3v) is 3.64. The van der Waals surface area contributed by atoms with Gasteiger partial charge in [0.2, 0.25) is 0 Å². The van der Waals surface area contributed by atoms with Crippen LogP contribution >= 0.6 is 0 Å². The van der Waals surface area contributed by atoms with Crippen molar-refractivity contribution >= 4 is 5.97 Å². The minimum absolute atomic E-state index is 0.469. The van der Waals surface area contributed by atoms with Crippen LogP contribution in [0.25, 0.3) is 0 Å². The molecule has 0 unspecified atom stereocenters. The molecule has 128 valence electrons. The molecule has 1 heterocycles. The van der Waals surface area contributed by atoms with E-state index in [1.807, 2.05) is 0 Å². The highest BCUT2D eigenvalue weighted by Gasteiger charge is 2.45. The third kappa shape index (κ3) is 3.86. The van der Waals surface area contributed by atoms with Crippen molar-refractivity contribution in [3.8, 4) is 0 Å². The predicted molar refractivity (Wildman–Crippen MR) is 76.1 cm³/mol. The molecule has 1 aliphatic rings. The molecule has 1 aliphatic heterocycles. The summed E-state index contributed by atoms with van der Waals surface area (Å²) in [5, 5.41) is 38.6. The summed E-state index contributed by atoms with van der Waals surface area (Å²) in [7, 11) is 1.19. The first-order chi connectivity index (χ1) is 11.0. The van der Waals surface area contributed by atoms with Crippen molar-refractivity contribution in [2.75, 3.05) is 13.7 Å². The molecule has 0 aliphatic carbocycles. The van der Waals surface area contributed by atoms with Crippen LogP contribution in [0.1, 0.15) is 11.7 Å². The Bertz CT molecular complexity index is 505. The van der Waals surface area contributed by atoms with Gasteiger partial charge in [-0.2, -0.15) is 0 Å². The summed E-state index contributed by atoms with van der Waals surface area (Å²) >= 11 is 0. The molecule has 0 amide bonds. The summed E-state index contributed by atoms with van der Waals surface area (Å²) in [6, 6.07) is 8.41. The zero-order chi connectivity index (χ0) is 17.0. The summed E-state index contributed by atoms with van der Waals surface area (Å²) in [6.45, 7) is -0.584. The lowest BCUT2D eigenvalue weighted by Crippen LogP contribution is -2.59. The first-order valence-corrected chi connectivity index (χ1v) is 7.08. The summed E-state index contributed by atoms with van der Waals surface area (Å²) in [6.07, 6.45) is -8.41. The Labute approximate surface area is 132 Å². The van der Waals surface area contributed by atoms with E-state index in [0.29, 0.717) is 5.56 Å². The van der Waals surface area contributed by atoms with Gasteiger partial charge in [0.1, 0.15) is 24.4 Å². The maximum Gasteiger partial charge on any atom is 0.339 e. The molecular formula is C15H20O8. The lowest BCUT2D eigenvalue weighted by atomic mass is 9.99. The highest BCUT2D eigenvalue weighted by molar-refractivity contribution is 5.76. The number of hydrogen-bond acceptors (Lipinski definition) is 8. The number of hydrogen-bond donors (Lipinski definition) is 4. The average molecular weight is 328 g/mol. The summed E-state index contributed by atoms with van der Waals surface area (Å²) < 4.78 is 15.4. The maximum atomic E-state index is 11.9. The Hall–Kier alpha value is -1.55. The smallest absolute Gasteiger partial charge is 0.339 e. The minimum atomic E-state index is -1.59. The topological polar surface area (TPSA) is 126 Å². The lowest BCUT2D eigenvalue weighted by Gasteiger charge is -2.40. The normalized spacial score (nSPS) is 32.3. The fourth-order valence-corrected chi connectivity index (χ4v) is 2.32. The van der Waals surface area contributed by atoms with Gasteiger partial charge in [0.05, 0.1) is 13.7 Å². The van der Waals surface area contributed by atoms with Crippen molar-refractivity contribution in [1.82, 2.24) is 0 Å². The van der Waals surface area contributed by atoms with Gasteiger partial charge in [-0.05, 0) is 5.56 Å². The van der Waals surface area contributed by atoms with Crippen LogP contribution in [0.4, 0.5) is 0 Å². The number of carbonyl (C=O) groups excluding carboxylic acids is 1. The van der Waals surface area contributed by atoms with Gasteiger partial charge in [0.25, 0.3) is 0 Å². The van der Waals surface area contributed by atoms with Gasteiger partial charge < -0.3 is 34.6 Å². The van der Waals surface area contributed by atoms with Crippen LogP contribution in [0, 0.1) is 0 Å². The number of methoxy groups -OCH3 is 1. The van der Waals surface area contributed by atoms with Gasteiger partial charge in [-0.15, -0.1) is 0 Å². The molecule has 1 fully saturated rings. The van der Waals surface area contributed by atoms with Gasteiger partial charge in [-0.25, -0.2) is 4.79 Å². The molecule has 6 atom stereocenters. The second-order valence-electron chi connectivity index (χ2n) is 5.15. The molecule has 1 aromatic rings. The Kier molecular flexibility index (Phi) is 6.05. The Morgan fingerprint density at radius 1 is 1.17 bits per heavy atom. The zero-order valence-corrected chi connectivity index (χ0v) is 12.5. The lowest BCUT2D eigenvalue weighted by molar-refractivity contribution is -0.311. The fraction of sp³-hybridized carbons (Fsp3) is 0.533. The van der Waals surface area contributed by atoms with E-state index in [1.165, 1.54) is 7.11 Å². The van der Waals surface area contributed by atoms with Crippen LogP contribution in [0.2, 0.25) is 0 Å². The molecule has 8 heteroatoms. The van der Waals surface area contributed by atoms with Gasteiger partial charge in [-0.3, -0.25) is 0 Å². The van der Waals surface area contributed by atoms with Crippen molar-refractivity contribution in [2.24, 2.45) is 0 Å². The van der Waals surface area contributed by atoms with Crippen LogP contribution in [-0.2, 0) is 19.0 Å². The van der Waals surface area contributed by atoms with E-state index in [1.54, 1.807) is 30.3 Å². The molecule has 8 nitrogen and oxygen atoms in total. The Balaban J connectivity index is 2.20. The highest BCUT2D eigenvalue weighted by atomic mass is 16.7. The van der Waals surface area contributed by atoms with Crippen molar-refractivity contribution in [3.05, 3.63) is 35.9 Å². The van der Waals surface area contributed by atoms with Crippen molar-refractivity contribution in [1.29, 1.82) is 0 Å². The standard InChI is InChI=1S/C15H20O8/c1-21-14(20)13(8-5-3-2-4-6-8)23-15-12(19)11(18)10(17)9(7-16)22-15/h2-6,9-13,15-19H,7H2,1H3/t9-,10-,11+,12-,13-,15+/m1/s1. The predicted octanol–water partition coefficient (Wildman–Crippen LogP) is -1.28. The number of aliphatic hydroxyl groups excluding tert-OH is 4. The zero-order valence-electron chi connectivity index (χ0n) is 12.5. The number of rotatable bonds is 5. The van der Waals surface area contributed by atoms with E-state index in [2.05, 4.69) is 4.74 Å². The maximum absolute atomic E-state index is 11.9. The summed E-state index contributed by atoms with van der Waals surface area (Å²) in [5.74, 6) is -0.715. The van der Waals surface area contributed by atoms with Crippen molar-refractivity contribution < 1.29 is 39.4 Å². The quantitative estimate of drug-likeness (QED) is 0.492. The number of aliphatic hydroxyl groups is 4. The van der Waals surface area contributed by atoms with E-state index >= 15 is 0 Å². The van der Waals surface area contributed by atoms with Crippen LogP contribution in [0.15, 0.2) is 30.3 Å². The number of carbonyl (C=O) groups is 1. The second kappa shape index (κ2) is 7.82. The molecule has 23 heavy (non-hydrogen) atoms. The van der Waals surface area contributed by atoms with E-state index < -0.39 is 49.4 Å². The highest BCUT2D eigenvalue weighted by Crippen LogP contribution is 2.28. The van der Waals surface area contributed by atoms with Crippen LogP contribution in [0.3, 0.4) is 0 Å². The third-order valence-electron chi connectivity index (χ3n) is 3.64. The molecule has 2 rings (SSSR count). The summed E-state index contributed by atoms with van der Waals surface area (Å²) in [5.41, 5.74) is 0.469. The van der Waals surface area contributed by atoms with Gasteiger partial charge in [-0.1, -0.05) is 30.3 Å². The molecule has 0 radical (unpaired) electrons. The van der Waals surface area contributed by atoms with Crippen LogP contribution in [-0.4, -0.2) is 70.8 Å². The molecule has 0 aromatic heterocycles.